The van der Waals surface area contributed by atoms with Gasteiger partial charge in [-0.15, -0.1) is 0 Å². The Morgan fingerprint density at radius 3 is 2.43 bits per heavy atom. The highest BCUT2D eigenvalue weighted by Gasteiger charge is 2.20. The van der Waals surface area contributed by atoms with Crippen LogP contribution in [0.1, 0.15) is 31.9 Å². The van der Waals surface area contributed by atoms with Gasteiger partial charge in [0.15, 0.2) is 0 Å². The van der Waals surface area contributed by atoms with Gasteiger partial charge in [-0.2, -0.15) is 0 Å². The summed E-state index contributed by atoms with van der Waals surface area (Å²) in [7, 11) is 0. The molecule has 5 nitrogen and oxygen atoms in total. The normalized spacial score (nSPS) is 11.1. The number of ether oxygens (including phenoxy) is 2. The molecule has 0 aliphatic heterocycles. The van der Waals surface area contributed by atoms with Crippen LogP contribution in [0.2, 0.25) is 10.0 Å². The Bertz CT molecular complexity index is 1030. The second kappa shape index (κ2) is 9.37. The smallest absolute Gasteiger partial charge is 0.412 e. The molecule has 0 saturated heterocycles. The first-order valence-electron chi connectivity index (χ1n) is 9.33. The van der Waals surface area contributed by atoms with Crippen molar-refractivity contribution in [2.45, 2.75) is 32.8 Å². The summed E-state index contributed by atoms with van der Waals surface area (Å²) in [6.45, 7) is 6.33. The third kappa shape index (κ3) is 5.88. The van der Waals surface area contributed by atoms with Crippen molar-refractivity contribution in [2.24, 2.45) is 0 Å². The van der Waals surface area contributed by atoms with Crippen LogP contribution in [0, 0.1) is 0 Å². The van der Waals surface area contributed by atoms with Gasteiger partial charge in [-0.25, -0.2) is 9.78 Å². The molecule has 0 spiro atoms. The van der Waals surface area contributed by atoms with Crippen molar-refractivity contribution in [3.8, 4) is 11.6 Å². The minimum atomic E-state index is -0.645. The predicted molar refractivity (Wildman–Crippen MR) is 120 cm³/mol. The first-order valence-corrected chi connectivity index (χ1v) is 10.1. The summed E-state index contributed by atoms with van der Waals surface area (Å²) < 4.78 is 11.3. The van der Waals surface area contributed by atoms with Gasteiger partial charge in [-0.3, -0.25) is 5.32 Å². The molecule has 1 heterocycles. The molecule has 3 aromatic rings. The van der Waals surface area contributed by atoms with Crippen molar-refractivity contribution in [3.05, 3.63) is 82.0 Å². The second-order valence-electron chi connectivity index (χ2n) is 7.68. The number of para-hydroxylation sites is 1. The predicted octanol–water partition coefficient (Wildman–Crippen LogP) is 7.23. The fourth-order valence-corrected chi connectivity index (χ4v) is 3.41. The summed E-state index contributed by atoms with van der Waals surface area (Å²) in [4.78, 5) is 16.6. The van der Waals surface area contributed by atoms with E-state index in [1.165, 1.54) is 0 Å². The maximum absolute atomic E-state index is 12.3. The number of rotatable bonds is 5. The molecule has 0 atom stereocenters. The summed E-state index contributed by atoms with van der Waals surface area (Å²) in [6, 6.07) is 16.1. The molecular weight excluding hydrogens is 423 g/mol. The highest BCUT2D eigenvalue weighted by molar-refractivity contribution is 6.34. The first kappa shape index (κ1) is 21.9. The fraction of sp³-hybridized carbons (Fsp3) is 0.217. The summed E-state index contributed by atoms with van der Waals surface area (Å²) in [6.07, 6.45) is 0.951. The topological polar surface area (TPSA) is 60.5 Å². The minimum absolute atomic E-state index is 0.0232. The van der Waals surface area contributed by atoms with Crippen molar-refractivity contribution >= 4 is 35.0 Å². The molecular formula is C23H22Cl2N2O3. The number of carbonyl (C=O) groups is 1. The number of hydrogen-bond donors (Lipinski definition) is 1. The van der Waals surface area contributed by atoms with Crippen molar-refractivity contribution in [1.29, 1.82) is 0 Å². The number of aromatic nitrogens is 1. The van der Waals surface area contributed by atoms with E-state index in [2.05, 4.69) is 31.1 Å². The monoisotopic (exact) mass is 444 g/mol. The number of anilines is 1. The fourth-order valence-electron chi connectivity index (χ4n) is 2.84. The van der Waals surface area contributed by atoms with Gasteiger partial charge >= 0.3 is 6.09 Å². The van der Waals surface area contributed by atoms with Crippen LogP contribution in [-0.2, 0) is 16.8 Å². The number of nitrogens with zero attached hydrogens (tertiary/aromatic N) is 1. The Hall–Kier alpha value is -2.76. The second-order valence-corrected chi connectivity index (χ2v) is 8.56. The Kier molecular flexibility index (Phi) is 6.85. The van der Waals surface area contributed by atoms with E-state index in [9.17, 15) is 4.79 Å². The van der Waals surface area contributed by atoms with Crippen LogP contribution in [-0.4, -0.2) is 11.1 Å². The summed E-state index contributed by atoms with van der Waals surface area (Å²) in [5.74, 6) is 0.950. The molecule has 156 valence electrons. The van der Waals surface area contributed by atoms with Gasteiger partial charge in [-0.05, 0) is 47.4 Å². The van der Waals surface area contributed by atoms with Crippen LogP contribution in [0.5, 0.6) is 11.6 Å². The maximum Gasteiger partial charge on any atom is 0.412 e. The summed E-state index contributed by atoms with van der Waals surface area (Å²) in [5, 5.41) is 3.62. The Labute approximate surface area is 185 Å². The van der Waals surface area contributed by atoms with E-state index in [4.69, 9.17) is 32.7 Å². The van der Waals surface area contributed by atoms with E-state index in [1.54, 1.807) is 36.5 Å². The number of pyridine rings is 1. The van der Waals surface area contributed by atoms with Crippen LogP contribution in [0.15, 0.2) is 60.8 Å². The van der Waals surface area contributed by atoms with Gasteiger partial charge in [0.25, 0.3) is 0 Å². The molecule has 3 rings (SSSR count). The van der Waals surface area contributed by atoms with Crippen molar-refractivity contribution in [2.75, 3.05) is 5.32 Å². The molecule has 0 fully saturated rings. The van der Waals surface area contributed by atoms with Gasteiger partial charge in [0.1, 0.15) is 18.0 Å². The number of carbonyl (C=O) groups excluding carboxylic acids is 1. The molecule has 0 radical (unpaired) electrons. The average molecular weight is 445 g/mol. The maximum atomic E-state index is 12.3. The van der Waals surface area contributed by atoms with Gasteiger partial charge in [0.2, 0.25) is 5.88 Å². The lowest BCUT2D eigenvalue weighted by Crippen LogP contribution is -2.15. The lowest BCUT2D eigenvalue weighted by Gasteiger charge is -2.22. The van der Waals surface area contributed by atoms with E-state index in [0.29, 0.717) is 27.0 Å². The number of nitrogens with one attached hydrogen (secondary N) is 1. The molecule has 30 heavy (non-hydrogen) atoms. The molecule has 0 unspecified atom stereocenters. The van der Waals surface area contributed by atoms with Gasteiger partial charge in [0.05, 0.1) is 0 Å². The Balaban J connectivity index is 1.72. The van der Waals surface area contributed by atoms with Crippen LogP contribution in [0.25, 0.3) is 0 Å². The average Bonchev–Trinajstić information content (AvgIpc) is 2.67. The van der Waals surface area contributed by atoms with Crippen molar-refractivity contribution < 1.29 is 14.3 Å². The lowest BCUT2D eigenvalue weighted by molar-refractivity contribution is 0.155. The lowest BCUT2D eigenvalue weighted by atomic mass is 9.86. The highest BCUT2D eigenvalue weighted by Crippen LogP contribution is 2.35. The van der Waals surface area contributed by atoms with Crippen LogP contribution >= 0.6 is 23.2 Å². The Morgan fingerprint density at radius 2 is 1.73 bits per heavy atom. The third-order valence-corrected chi connectivity index (χ3v) is 4.64. The van der Waals surface area contributed by atoms with E-state index >= 15 is 0 Å². The number of benzene rings is 2. The van der Waals surface area contributed by atoms with E-state index in [1.807, 2.05) is 24.3 Å². The van der Waals surface area contributed by atoms with Crippen LogP contribution in [0.4, 0.5) is 10.5 Å². The van der Waals surface area contributed by atoms with Crippen LogP contribution < -0.4 is 10.1 Å². The standard InChI is InChI=1S/C23H22Cl2N2O3/c1-23(2,3)18-7-4-5-9-20(18)30-21-19(8-6-10-26-21)27-22(28)29-14-15-11-16(24)13-17(25)12-15/h4-13H,14H2,1-3H3,(H,27,28). The van der Waals surface area contributed by atoms with E-state index in [-0.39, 0.29) is 17.9 Å². The third-order valence-electron chi connectivity index (χ3n) is 4.20. The number of hydrogen-bond acceptors (Lipinski definition) is 4. The molecule has 0 saturated carbocycles. The van der Waals surface area contributed by atoms with Gasteiger partial charge in [0, 0.05) is 21.8 Å². The number of halogens is 2. The molecule has 0 bridgehead atoms. The molecule has 0 aliphatic rings. The molecule has 1 amide bonds. The summed E-state index contributed by atoms with van der Waals surface area (Å²) >= 11 is 11.9. The molecule has 0 aliphatic carbocycles. The zero-order valence-corrected chi connectivity index (χ0v) is 18.4. The minimum Gasteiger partial charge on any atom is -0.444 e. The molecule has 7 heteroatoms. The van der Waals surface area contributed by atoms with Gasteiger partial charge in [-0.1, -0.05) is 62.2 Å². The van der Waals surface area contributed by atoms with Crippen molar-refractivity contribution in [3.63, 3.8) is 0 Å². The number of amides is 1. The quantitative estimate of drug-likeness (QED) is 0.450. The van der Waals surface area contributed by atoms with Crippen LogP contribution in [0.3, 0.4) is 0 Å². The molecule has 2 aromatic carbocycles. The highest BCUT2D eigenvalue weighted by atomic mass is 35.5. The summed E-state index contributed by atoms with van der Waals surface area (Å²) in [5.41, 5.74) is 2.00. The molecule has 1 aromatic heterocycles. The Morgan fingerprint density at radius 1 is 1.03 bits per heavy atom. The van der Waals surface area contributed by atoms with Crippen molar-refractivity contribution in [1.82, 2.24) is 4.98 Å². The largest absolute Gasteiger partial charge is 0.444 e. The zero-order chi connectivity index (χ0) is 21.7. The van der Waals surface area contributed by atoms with E-state index in [0.717, 1.165) is 5.56 Å². The van der Waals surface area contributed by atoms with E-state index < -0.39 is 6.09 Å². The van der Waals surface area contributed by atoms with Gasteiger partial charge < -0.3 is 9.47 Å². The molecule has 1 N–H and O–H groups in total. The SMILES string of the molecule is CC(C)(C)c1ccccc1Oc1ncccc1NC(=O)OCc1cc(Cl)cc(Cl)c1. The zero-order valence-electron chi connectivity index (χ0n) is 16.9. The first-order chi connectivity index (χ1) is 14.2.